The van der Waals surface area contributed by atoms with Gasteiger partial charge in [0.1, 0.15) is 6.04 Å². The molecule has 160 valence electrons. The molecular formula is C24H22N6O2. The number of pyridine rings is 1. The summed E-state index contributed by atoms with van der Waals surface area (Å²) in [6, 6.07) is 11.4. The SMILES string of the molecule is [C-]#[N+]C(C)(C)c1nc(C)c(C(=O)N2CCc3[nH]cnc3[C@@H]2c2ccc3ccccc3n2)o1. The molecule has 0 fully saturated rings. The van der Waals surface area contributed by atoms with Crippen LogP contribution in [-0.4, -0.2) is 37.3 Å². The van der Waals surface area contributed by atoms with Crippen molar-refractivity contribution >= 4 is 16.8 Å². The fourth-order valence-corrected chi connectivity index (χ4v) is 4.06. The van der Waals surface area contributed by atoms with E-state index in [1.165, 1.54) is 0 Å². The Labute approximate surface area is 185 Å². The van der Waals surface area contributed by atoms with Crippen LogP contribution in [0.25, 0.3) is 15.7 Å². The number of nitrogens with one attached hydrogen (secondary N) is 1. The summed E-state index contributed by atoms with van der Waals surface area (Å²) in [6.07, 6.45) is 2.31. The normalized spacial score (nSPS) is 16.1. The predicted molar refractivity (Wildman–Crippen MR) is 118 cm³/mol. The van der Waals surface area contributed by atoms with E-state index in [4.69, 9.17) is 16.0 Å². The Kier molecular flexibility index (Phi) is 4.55. The van der Waals surface area contributed by atoms with E-state index < -0.39 is 11.6 Å². The molecule has 4 heterocycles. The van der Waals surface area contributed by atoms with Gasteiger partial charge in [0.25, 0.3) is 11.8 Å². The van der Waals surface area contributed by atoms with Crippen molar-refractivity contribution in [2.75, 3.05) is 6.54 Å². The van der Waals surface area contributed by atoms with Gasteiger partial charge < -0.3 is 19.1 Å². The van der Waals surface area contributed by atoms with Crippen LogP contribution < -0.4 is 0 Å². The second-order valence-electron chi connectivity index (χ2n) is 8.45. The van der Waals surface area contributed by atoms with E-state index in [2.05, 4.69) is 19.8 Å². The first-order valence-electron chi connectivity index (χ1n) is 10.4. The van der Waals surface area contributed by atoms with Gasteiger partial charge in [-0.15, -0.1) is 0 Å². The van der Waals surface area contributed by atoms with Crippen LogP contribution in [0.5, 0.6) is 0 Å². The molecule has 3 aromatic heterocycles. The van der Waals surface area contributed by atoms with Gasteiger partial charge in [-0.3, -0.25) is 9.78 Å². The first-order chi connectivity index (χ1) is 15.4. The number of rotatable bonds is 3. The molecule has 1 amide bonds. The van der Waals surface area contributed by atoms with Crippen molar-refractivity contribution in [3.63, 3.8) is 0 Å². The van der Waals surface area contributed by atoms with Crippen molar-refractivity contribution in [2.24, 2.45) is 0 Å². The highest BCUT2D eigenvalue weighted by Crippen LogP contribution is 2.35. The molecule has 5 rings (SSSR count). The fourth-order valence-electron chi connectivity index (χ4n) is 4.06. The van der Waals surface area contributed by atoms with Gasteiger partial charge >= 0.3 is 5.54 Å². The van der Waals surface area contributed by atoms with Gasteiger partial charge in [0.15, 0.2) is 0 Å². The average molecular weight is 426 g/mol. The topological polar surface area (TPSA) is 92.3 Å². The van der Waals surface area contributed by atoms with E-state index in [1.54, 1.807) is 32.0 Å². The number of carbonyl (C=O) groups excluding carboxylic acids is 1. The lowest BCUT2D eigenvalue weighted by atomic mass is 9.98. The minimum atomic E-state index is -0.945. The number of H-pyrrole nitrogens is 1. The Morgan fingerprint density at radius 2 is 2.06 bits per heavy atom. The molecule has 4 aromatic rings. The van der Waals surface area contributed by atoms with E-state index in [-0.39, 0.29) is 17.6 Å². The summed E-state index contributed by atoms with van der Waals surface area (Å²) in [5.41, 5.74) is 2.91. The lowest BCUT2D eigenvalue weighted by Crippen LogP contribution is -2.41. The minimum Gasteiger partial charge on any atom is -0.428 e. The summed E-state index contributed by atoms with van der Waals surface area (Å²) in [5, 5.41) is 1.03. The molecule has 1 N–H and O–H groups in total. The van der Waals surface area contributed by atoms with Crippen LogP contribution in [0.15, 0.2) is 47.1 Å². The van der Waals surface area contributed by atoms with Crippen molar-refractivity contribution in [3.8, 4) is 0 Å². The number of para-hydroxylation sites is 1. The molecule has 0 radical (unpaired) electrons. The number of aromatic nitrogens is 4. The third kappa shape index (κ3) is 3.14. The van der Waals surface area contributed by atoms with Crippen LogP contribution in [0.3, 0.4) is 0 Å². The molecular weight excluding hydrogens is 404 g/mol. The number of nitrogens with zero attached hydrogens (tertiary/aromatic N) is 5. The number of fused-ring (bicyclic) bond motifs is 2. The third-order valence-electron chi connectivity index (χ3n) is 5.88. The second kappa shape index (κ2) is 7.31. The third-order valence-corrected chi connectivity index (χ3v) is 5.88. The lowest BCUT2D eigenvalue weighted by Gasteiger charge is -2.34. The van der Waals surface area contributed by atoms with Crippen LogP contribution in [-0.2, 0) is 12.0 Å². The highest BCUT2D eigenvalue weighted by molar-refractivity contribution is 5.93. The molecule has 1 atom stereocenters. The van der Waals surface area contributed by atoms with Gasteiger partial charge in [0.2, 0.25) is 5.76 Å². The zero-order valence-electron chi connectivity index (χ0n) is 18.1. The second-order valence-corrected chi connectivity index (χ2v) is 8.45. The molecule has 0 aliphatic carbocycles. The molecule has 1 aliphatic rings. The molecule has 0 bridgehead atoms. The molecule has 8 heteroatoms. The molecule has 0 saturated heterocycles. The summed E-state index contributed by atoms with van der Waals surface area (Å²) in [6.45, 7) is 13.1. The monoisotopic (exact) mass is 426 g/mol. The van der Waals surface area contributed by atoms with Gasteiger partial charge in [-0.1, -0.05) is 24.3 Å². The van der Waals surface area contributed by atoms with Crippen molar-refractivity contribution in [3.05, 3.63) is 88.6 Å². The molecule has 0 spiro atoms. The maximum Gasteiger partial charge on any atom is 0.301 e. The molecule has 1 aliphatic heterocycles. The van der Waals surface area contributed by atoms with Crippen molar-refractivity contribution in [2.45, 2.75) is 38.8 Å². The van der Waals surface area contributed by atoms with E-state index in [1.807, 2.05) is 36.4 Å². The summed E-state index contributed by atoms with van der Waals surface area (Å²) in [5.74, 6) is 0.114. The fraction of sp³-hybridized carbons (Fsp3) is 0.292. The van der Waals surface area contributed by atoms with E-state index >= 15 is 0 Å². The highest BCUT2D eigenvalue weighted by atomic mass is 16.4. The van der Waals surface area contributed by atoms with E-state index in [0.29, 0.717) is 18.7 Å². The predicted octanol–water partition coefficient (Wildman–Crippen LogP) is 4.20. The smallest absolute Gasteiger partial charge is 0.301 e. The first-order valence-corrected chi connectivity index (χ1v) is 10.4. The number of oxazole rings is 1. The van der Waals surface area contributed by atoms with Gasteiger partial charge in [-0.25, -0.2) is 16.5 Å². The molecule has 8 nitrogen and oxygen atoms in total. The van der Waals surface area contributed by atoms with Crippen LogP contribution in [0.4, 0.5) is 0 Å². The zero-order valence-corrected chi connectivity index (χ0v) is 18.1. The van der Waals surface area contributed by atoms with Gasteiger partial charge in [-0.05, 0) is 19.1 Å². The Hall–Kier alpha value is -3.99. The first kappa shape index (κ1) is 19.9. The average Bonchev–Trinajstić information content (AvgIpc) is 3.44. The largest absolute Gasteiger partial charge is 0.428 e. The number of hydrogen-bond donors (Lipinski definition) is 1. The number of amides is 1. The summed E-state index contributed by atoms with van der Waals surface area (Å²) < 4.78 is 5.84. The van der Waals surface area contributed by atoms with Crippen LogP contribution >= 0.6 is 0 Å². The zero-order chi connectivity index (χ0) is 22.5. The lowest BCUT2D eigenvalue weighted by molar-refractivity contribution is 0.0650. The number of benzene rings is 1. The number of hydrogen-bond acceptors (Lipinski definition) is 5. The van der Waals surface area contributed by atoms with Gasteiger partial charge in [-0.2, -0.15) is 0 Å². The molecule has 0 unspecified atom stereocenters. The van der Waals surface area contributed by atoms with Crippen LogP contribution in [0, 0.1) is 13.5 Å². The molecule has 32 heavy (non-hydrogen) atoms. The van der Waals surface area contributed by atoms with Crippen LogP contribution in [0.1, 0.15) is 59.1 Å². The number of imidazole rings is 1. The Morgan fingerprint density at radius 1 is 1.25 bits per heavy atom. The quantitative estimate of drug-likeness (QED) is 0.496. The Morgan fingerprint density at radius 3 is 2.88 bits per heavy atom. The minimum absolute atomic E-state index is 0.154. The standard InChI is InChI=1S/C24H22N6O2/c1-14-21(32-23(28-14)24(2,3)25-4)22(31)30-12-11-17-19(27-13-26-17)20(30)18-10-9-15-7-5-6-8-16(15)29-18/h5-10,13,20H,11-12H2,1-3H3,(H,26,27)/t20-/m0/s1. The number of aryl methyl sites for hydroxylation is 1. The Balaban J connectivity index is 1.60. The Bertz CT molecular complexity index is 1380. The van der Waals surface area contributed by atoms with Crippen molar-refractivity contribution in [1.29, 1.82) is 0 Å². The summed E-state index contributed by atoms with van der Waals surface area (Å²) in [4.78, 5) is 35.9. The van der Waals surface area contributed by atoms with Crippen molar-refractivity contribution < 1.29 is 9.21 Å². The number of aromatic amines is 1. The van der Waals surface area contributed by atoms with E-state index in [0.717, 1.165) is 28.0 Å². The maximum absolute atomic E-state index is 13.7. The summed E-state index contributed by atoms with van der Waals surface area (Å²) in [7, 11) is 0. The molecule has 0 saturated carbocycles. The van der Waals surface area contributed by atoms with Gasteiger partial charge in [0, 0.05) is 37.9 Å². The van der Waals surface area contributed by atoms with E-state index in [9.17, 15) is 4.79 Å². The molecule has 1 aromatic carbocycles. The maximum atomic E-state index is 13.7. The van der Waals surface area contributed by atoms with Gasteiger partial charge in [0.05, 0.1) is 28.9 Å². The van der Waals surface area contributed by atoms with Crippen LogP contribution in [0.2, 0.25) is 0 Å². The van der Waals surface area contributed by atoms with Crippen molar-refractivity contribution in [1.82, 2.24) is 24.8 Å². The number of carbonyl (C=O) groups is 1. The highest BCUT2D eigenvalue weighted by Gasteiger charge is 2.40. The summed E-state index contributed by atoms with van der Waals surface area (Å²) >= 11 is 0.